The minimum atomic E-state index is -0.178. The average Bonchev–Trinajstić information content (AvgIpc) is 2.57. The standard InChI is InChI=1S/C18H16N2O3/c1-23-17-10-15(6-7-16(17)21)11-18(22)20-9-8-13-2-4-14(12-19)5-3-13/h2-10,21H,11H2,1H3,(H,20,22)/b9-8+. The molecule has 1 amide bonds. The molecule has 116 valence electrons. The van der Waals surface area contributed by atoms with E-state index in [0.29, 0.717) is 11.3 Å². The Bertz CT molecular complexity index is 759. The van der Waals surface area contributed by atoms with Crippen molar-refractivity contribution in [1.29, 1.82) is 5.26 Å². The van der Waals surface area contributed by atoms with Crippen molar-refractivity contribution in [3.05, 3.63) is 65.4 Å². The Balaban J connectivity index is 1.92. The molecule has 5 nitrogen and oxygen atoms in total. The van der Waals surface area contributed by atoms with Crippen molar-refractivity contribution in [3.63, 3.8) is 0 Å². The Morgan fingerprint density at radius 2 is 2.04 bits per heavy atom. The highest BCUT2D eigenvalue weighted by Gasteiger charge is 2.06. The second-order valence-electron chi connectivity index (χ2n) is 4.82. The number of benzene rings is 2. The Morgan fingerprint density at radius 1 is 1.30 bits per heavy atom. The van der Waals surface area contributed by atoms with E-state index in [2.05, 4.69) is 5.32 Å². The molecule has 2 N–H and O–H groups in total. The van der Waals surface area contributed by atoms with Crippen molar-refractivity contribution in [2.24, 2.45) is 0 Å². The molecule has 0 aliphatic carbocycles. The third kappa shape index (κ3) is 4.61. The molecule has 0 bridgehead atoms. The molecule has 0 aliphatic rings. The van der Waals surface area contributed by atoms with Crippen molar-refractivity contribution in [2.45, 2.75) is 6.42 Å². The topological polar surface area (TPSA) is 82.3 Å². The quantitative estimate of drug-likeness (QED) is 0.889. The number of amides is 1. The van der Waals surface area contributed by atoms with E-state index in [0.717, 1.165) is 11.1 Å². The first-order valence-electron chi connectivity index (χ1n) is 6.94. The number of nitrogens with one attached hydrogen (secondary N) is 1. The maximum atomic E-state index is 11.9. The van der Waals surface area contributed by atoms with Crippen molar-refractivity contribution >= 4 is 12.0 Å². The molecule has 0 aromatic heterocycles. The van der Waals surface area contributed by atoms with Gasteiger partial charge in [0, 0.05) is 6.20 Å². The minimum Gasteiger partial charge on any atom is -0.504 e. The van der Waals surface area contributed by atoms with E-state index < -0.39 is 0 Å². The highest BCUT2D eigenvalue weighted by molar-refractivity contribution is 5.80. The van der Waals surface area contributed by atoms with Crippen molar-refractivity contribution in [3.8, 4) is 17.6 Å². The van der Waals surface area contributed by atoms with Gasteiger partial charge in [-0.25, -0.2) is 0 Å². The summed E-state index contributed by atoms with van der Waals surface area (Å²) >= 11 is 0. The van der Waals surface area contributed by atoms with Crippen LogP contribution in [0.3, 0.4) is 0 Å². The molecule has 0 saturated heterocycles. The molecule has 0 atom stereocenters. The van der Waals surface area contributed by atoms with Crippen LogP contribution in [0.1, 0.15) is 16.7 Å². The van der Waals surface area contributed by atoms with E-state index >= 15 is 0 Å². The van der Waals surface area contributed by atoms with Crippen molar-refractivity contribution in [2.75, 3.05) is 7.11 Å². The number of nitrogens with zero attached hydrogens (tertiary/aromatic N) is 1. The second-order valence-corrected chi connectivity index (χ2v) is 4.82. The van der Waals surface area contributed by atoms with Gasteiger partial charge in [-0.1, -0.05) is 18.2 Å². The van der Waals surface area contributed by atoms with Gasteiger partial charge in [0.2, 0.25) is 5.91 Å². The van der Waals surface area contributed by atoms with Gasteiger partial charge >= 0.3 is 0 Å². The van der Waals surface area contributed by atoms with E-state index in [1.165, 1.54) is 13.2 Å². The lowest BCUT2D eigenvalue weighted by Crippen LogP contribution is -2.19. The monoisotopic (exact) mass is 308 g/mol. The number of phenols is 1. The number of hydrogen-bond donors (Lipinski definition) is 2. The lowest BCUT2D eigenvalue weighted by atomic mass is 10.1. The summed E-state index contributed by atoms with van der Waals surface area (Å²) < 4.78 is 5.01. The molecule has 0 heterocycles. The molecule has 5 heteroatoms. The molecule has 0 spiro atoms. The van der Waals surface area contributed by atoms with Gasteiger partial charge in [0.05, 0.1) is 25.2 Å². The van der Waals surface area contributed by atoms with Gasteiger partial charge in [-0.05, 0) is 41.5 Å². The van der Waals surface area contributed by atoms with Crippen LogP contribution in [0.4, 0.5) is 0 Å². The highest BCUT2D eigenvalue weighted by atomic mass is 16.5. The lowest BCUT2D eigenvalue weighted by molar-refractivity contribution is -0.119. The number of phenolic OH excluding ortho intramolecular Hbond substituents is 1. The molecule has 2 rings (SSSR count). The minimum absolute atomic E-state index is 0.0392. The SMILES string of the molecule is COc1cc(CC(=O)N/C=C/c2ccc(C#N)cc2)ccc1O. The fourth-order valence-electron chi connectivity index (χ4n) is 1.97. The number of carbonyl (C=O) groups excluding carboxylic acids is 1. The largest absolute Gasteiger partial charge is 0.504 e. The van der Waals surface area contributed by atoms with Crippen molar-refractivity contribution in [1.82, 2.24) is 5.32 Å². The Hall–Kier alpha value is -3.26. The summed E-state index contributed by atoms with van der Waals surface area (Å²) in [5.74, 6) is 0.198. The summed E-state index contributed by atoms with van der Waals surface area (Å²) in [6, 6.07) is 13.9. The van der Waals surface area contributed by atoms with E-state index in [9.17, 15) is 9.90 Å². The highest BCUT2D eigenvalue weighted by Crippen LogP contribution is 2.26. The number of rotatable bonds is 5. The van der Waals surface area contributed by atoms with Crippen LogP contribution in [0.5, 0.6) is 11.5 Å². The fraction of sp³-hybridized carbons (Fsp3) is 0.111. The zero-order valence-electron chi connectivity index (χ0n) is 12.6. The summed E-state index contributed by atoms with van der Waals surface area (Å²) in [7, 11) is 1.46. The van der Waals surface area contributed by atoms with Gasteiger partial charge < -0.3 is 15.2 Å². The molecule has 2 aromatic carbocycles. The molecule has 0 unspecified atom stereocenters. The third-order valence-corrected chi connectivity index (χ3v) is 3.17. The van der Waals surface area contributed by atoms with Crippen LogP contribution in [0.2, 0.25) is 0 Å². The normalized spacial score (nSPS) is 10.3. The zero-order chi connectivity index (χ0) is 16.7. The zero-order valence-corrected chi connectivity index (χ0v) is 12.6. The first kappa shape index (κ1) is 16.1. The molecular weight excluding hydrogens is 292 g/mol. The first-order valence-corrected chi connectivity index (χ1v) is 6.94. The number of methoxy groups -OCH3 is 1. The second kappa shape index (κ2) is 7.66. The van der Waals surface area contributed by atoms with E-state index in [1.807, 2.05) is 6.07 Å². The molecule has 0 aliphatic heterocycles. The number of hydrogen-bond acceptors (Lipinski definition) is 4. The van der Waals surface area contributed by atoms with Crippen LogP contribution in [-0.2, 0) is 11.2 Å². The van der Waals surface area contributed by atoms with Crippen LogP contribution < -0.4 is 10.1 Å². The molecule has 23 heavy (non-hydrogen) atoms. The molecular formula is C18H16N2O3. The maximum Gasteiger partial charge on any atom is 0.228 e. The summed E-state index contributed by atoms with van der Waals surface area (Å²) in [5, 5.41) is 20.9. The van der Waals surface area contributed by atoms with Crippen LogP contribution >= 0.6 is 0 Å². The summed E-state index contributed by atoms with van der Waals surface area (Å²) in [4.78, 5) is 11.9. The molecule has 0 fully saturated rings. The van der Waals surface area contributed by atoms with Gasteiger partial charge in [0.25, 0.3) is 0 Å². The number of nitriles is 1. The van der Waals surface area contributed by atoms with Crippen LogP contribution in [0.25, 0.3) is 6.08 Å². The predicted molar refractivity (Wildman–Crippen MR) is 86.7 cm³/mol. The van der Waals surface area contributed by atoms with Crippen LogP contribution in [0.15, 0.2) is 48.7 Å². The van der Waals surface area contributed by atoms with E-state index in [1.54, 1.807) is 48.7 Å². The summed E-state index contributed by atoms with van der Waals surface area (Å²) in [6.45, 7) is 0. The van der Waals surface area contributed by atoms with Gasteiger partial charge in [-0.3, -0.25) is 4.79 Å². The van der Waals surface area contributed by atoms with Gasteiger partial charge in [0.1, 0.15) is 0 Å². The Kier molecular flexibility index (Phi) is 5.37. The van der Waals surface area contributed by atoms with E-state index in [-0.39, 0.29) is 18.1 Å². The van der Waals surface area contributed by atoms with Gasteiger partial charge in [0.15, 0.2) is 11.5 Å². The Labute approximate surface area is 134 Å². The van der Waals surface area contributed by atoms with Crippen molar-refractivity contribution < 1.29 is 14.6 Å². The van der Waals surface area contributed by atoms with E-state index in [4.69, 9.17) is 10.00 Å². The number of carbonyl (C=O) groups is 1. The Morgan fingerprint density at radius 3 is 2.70 bits per heavy atom. The predicted octanol–water partition coefficient (Wildman–Crippen LogP) is 2.60. The van der Waals surface area contributed by atoms with Gasteiger partial charge in [-0.15, -0.1) is 0 Å². The molecule has 0 saturated carbocycles. The smallest absolute Gasteiger partial charge is 0.228 e. The third-order valence-electron chi connectivity index (χ3n) is 3.17. The number of aromatic hydroxyl groups is 1. The molecule has 2 aromatic rings. The fourth-order valence-corrected chi connectivity index (χ4v) is 1.97. The maximum absolute atomic E-state index is 11.9. The van der Waals surface area contributed by atoms with Crippen LogP contribution in [0, 0.1) is 11.3 Å². The first-order chi connectivity index (χ1) is 11.1. The average molecular weight is 308 g/mol. The lowest BCUT2D eigenvalue weighted by Gasteiger charge is -2.06. The van der Waals surface area contributed by atoms with Crippen LogP contribution in [-0.4, -0.2) is 18.1 Å². The van der Waals surface area contributed by atoms with Gasteiger partial charge in [-0.2, -0.15) is 5.26 Å². The summed E-state index contributed by atoms with van der Waals surface area (Å²) in [5.41, 5.74) is 2.21. The number of ether oxygens (including phenoxy) is 1. The summed E-state index contributed by atoms with van der Waals surface area (Å²) in [6.07, 6.45) is 3.48. The molecule has 0 radical (unpaired) electrons.